The van der Waals surface area contributed by atoms with Gasteiger partial charge in [-0.15, -0.1) is 0 Å². The van der Waals surface area contributed by atoms with E-state index in [9.17, 15) is 0 Å². The maximum absolute atomic E-state index is 5.79. The zero-order valence-electron chi connectivity index (χ0n) is 10.9. The molecular formula is C15H24N2. The summed E-state index contributed by atoms with van der Waals surface area (Å²) in [4.78, 5) is 0. The average molecular weight is 232 g/mol. The van der Waals surface area contributed by atoms with Gasteiger partial charge in [0.2, 0.25) is 0 Å². The topological polar surface area (TPSA) is 38.0 Å². The van der Waals surface area contributed by atoms with Crippen LogP contribution in [0.5, 0.6) is 0 Å². The molecule has 1 aromatic carbocycles. The number of hydrogen-bond donors (Lipinski definition) is 2. The Labute approximate surface area is 105 Å². The Balaban J connectivity index is 2.27. The molecule has 0 amide bonds. The highest BCUT2D eigenvalue weighted by Crippen LogP contribution is 2.36. The molecule has 0 fully saturated rings. The van der Waals surface area contributed by atoms with Gasteiger partial charge in [0, 0.05) is 12.0 Å². The summed E-state index contributed by atoms with van der Waals surface area (Å²) in [6, 6.07) is 9.26. The summed E-state index contributed by atoms with van der Waals surface area (Å²) >= 11 is 0. The fraction of sp³-hybridized carbons (Fsp3) is 0.600. The number of rotatable bonds is 4. The van der Waals surface area contributed by atoms with Crippen LogP contribution in [-0.2, 0) is 6.42 Å². The van der Waals surface area contributed by atoms with Crippen molar-refractivity contribution in [3.8, 4) is 0 Å². The summed E-state index contributed by atoms with van der Waals surface area (Å²) in [5.41, 5.74) is 6.10. The van der Waals surface area contributed by atoms with Gasteiger partial charge in [-0.3, -0.25) is 11.3 Å². The molecule has 3 unspecified atom stereocenters. The molecule has 94 valence electrons. The second kappa shape index (κ2) is 5.65. The third kappa shape index (κ3) is 2.53. The first kappa shape index (κ1) is 12.6. The Morgan fingerprint density at radius 2 is 2.18 bits per heavy atom. The highest BCUT2D eigenvalue weighted by Gasteiger charge is 2.29. The van der Waals surface area contributed by atoms with Gasteiger partial charge in [0.1, 0.15) is 0 Å². The number of aryl methyl sites for hydroxylation is 1. The predicted octanol–water partition coefficient (Wildman–Crippen LogP) is 2.98. The molecule has 2 nitrogen and oxygen atoms in total. The minimum Gasteiger partial charge on any atom is -0.271 e. The van der Waals surface area contributed by atoms with Crippen LogP contribution in [0.15, 0.2) is 24.3 Å². The van der Waals surface area contributed by atoms with Crippen LogP contribution in [-0.4, -0.2) is 6.04 Å². The number of fused-ring (bicyclic) bond motifs is 1. The van der Waals surface area contributed by atoms with Crippen molar-refractivity contribution in [2.45, 2.75) is 51.5 Å². The molecule has 2 rings (SSSR count). The lowest BCUT2D eigenvalue weighted by Crippen LogP contribution is -2.45. The van der Waals surface area contributed by atoms with Gasteiger partial charge >= 0.3 is 0 Å². The van der Waals surface area contributed by atoms with Crippen molar-refractivity contribution >= 4 is 0 Å². The van der Waals surface area contributed by atoms with Gasteiger partial charge in [0.15, 0.2) is 0 Å². The molecule has 0 aromatic heterocycles. The van der Waals surface area contributed by atoms with Crippen molar-refractivity contribution in [2.75, 3.05) is 0 Å². The highest BCUT2D eigenvalue weighted by atomic mass is 15.2. The standard InChI is InChI=1S/C15H24N2/c1-3-11(2)15(17-16)14-10-6-8-12-7-4-5-9-13(12)14/h4-5,7,9,11,14-15,17H,3,6,8,10,16H2,1-2H3. The Morgan fingerprint density at radius 3 is 2.88 bits per heavy atom. The van der Waals surface area contributed by atoms with Crippen LogP contribution in [0.2, 0.25) is 0 Å². The first-order chi connectivity index (χ1) is 8.27. The zero-order valence-corrected chi connectivity index (χ0v) is 10.9. The van der Waals surface area contributed by atoms with Crippen LogP contribution in [0.25, 0.3) is 0 Å². The van der Waals surface area contributed by atoms with Crippen molar-refractivity contribution in [3.63, 3.8) is 0 Å². The van der Waals surface area contributed by atoms with E-state index in [-0.39, 0.29) is 0 Å². The van der Waals surface area contributed by atoms with Gasteiger partial charge in [0.05, 0.1) is 0 Å². The van der Waals surface area contributed by atoms with Gasteiger partial charge < -0.3 is 0 Å². The molecule has 0 aliphatic heterocycles. The molecule has 0 radical (unpaired) electrons. The summed E-state index contributed by atoms with van der Waals surface area (Å²) in [5.74, 6) is 6.99. The highest BCUT2D eigenvalue weighted by molar-refractivity contribution is 5.33. The van der Waals surface area contributed by atoms with E-state index in [1.807, 2.05) is 0 Å². The monoisotopic (exact) mass is 232 g/mol. The summed E-state index contributed by atoms with van der Waals surface area (Å²) in [6.45, 7) is 4.53. The van der Waals surface area contributed by atoms with E-state index in [2.05, 4.69) is 43.5 Å². The van der Waals surface area contributed by atoms with Gasteiger partial charge in [-0.05, 0) is 36.3 Å². The van der Waals surface area contributed by atoms with Gasteiger partial charge in [0.25, 0.3) is 0 Å². The summed E-state index contributed by atoms with van der Waals surface area (Å²) in [7, 11) is 0. The van der Waals surface area contributed by atoms with E-state index < -0.39 is 0 Å². The van der Waals surface area contributed by atoms with Gasteiger partial charge in [-0.2, -0.15) is 0 Å². The lowest BCUT2D eigenvalue weighted by atomic mass is 9.75. The number of benzene rings is 1. The van der Waals surface area contributed by atoms with Crippen LogP contribution in [0.4, 0.5) is 0 Å². The first-order valence-corrected chi connectivity index (χ1v) is 6.81. The minimum atomic E-state index is 0.404. The maximum atomic E-state index is 5.79. The SMILES string of the molecule is CCC(C)C(NN)C1CCCc2ccccc21. The molecule has 0 saturated carbocycles. The summed E-state index contributed by atoms with van der Waals surface area (Å²) in [6.07, 6.45) is 4.95. The molecule has 2 heteroatoms. The molecular weight excluding hydrogens is 208 g/mol. The van der Waals surface area contributed by atoms with Crippen LogP contribution < -0.4 is 11.3 Å². The number of nitrogens with one attached hydrogen (secondary N) is 1. The quantitative estimate of drug-likeness (QED) is 0.618. The Hall–Kier alpha value is -0.860. The third-order valence-electron chi connectivity index (χ3n) is 4.30. The molecule has 0 bridgehead atoms. The Morgan fingerprint density at radius 1 is 1.41 bits per heavy atom. The lowest BCUT2D eigenvalue weighted by Gasteiger charge is -2.35. The van der Waals surface area contributed by atoms with Crippen molar-refractivity contribution in [1.82, 2.24) is 5.43 Å². The molecule has 1 aliphatic rings. The Bertz CT molecular complexity index is 362. The van der Waals surface area contributed by atoms with Crippen molar-refractivity contribution in [3.05, 3.63) is 35.4 Å². The van der Waals surface area contributed by atoms with E-state index in [0.29, 0.717) is 17.9 Å². The maximum Gasteiger partial charge on any atom is 0.0304 e. The van der Waals surface area contributed by atoms with Crippen LogP contribution in [0.3, 0.4) is 0 Å². The molecule has 0 heterocycles. The molecule has 0 saturated heterocycles. The van der Waals surface area contributed by atoms with E-state index in [1.54, 1.807) is 0 Å². The van der Waals surface area contributed by atoms with E-state index in [4.69, 9.17) is 5.84 Å². The fourth-order valence-corrected chi connectivity index (χ4v) is 3.10. The predicted molar refractivity (Wildman–Crippen MR) is 72.7 cm³/mol. The zero-order chi connectivity index (χ0) is 12.3. The fourth-order valence-electron chi connectivity index (χ4n) is 3.10. The second-order valence-corrected chi connectivity index (χ2v) is 5.28. The molecule has 17 heavy (non-hydrogen) atoms. The smallest absolute Gasteiger partial charge is 0.0304 e. The minimum absolute atomic E-state index is 0.404. The van der Waals surface area contributed by atoms with Crippen LogP contribution in [0.1, 0.15) is 50.2 Å². The largest absolute Gasteiger partial charge is 0.271 e. The van der Waals surface area contributed by atoms with Crippen LogP contribution in [0, 0.1) is 5.92 Å². The van der Waals surface area contributed by atoms with E-state index in [1.165, 1.54) is 36.8 Å². The molecule has 0 spiro atoms. The second-order valence-electron chi connectivity index (χ2n) is 5.28. The first-order valence-electron chi connectivity index (χ1n) is 6.81. The lowest BCUT2D eigenvalue weighted by molar-refractivity contribution is 0.299. The number of hydrazine groups is 1. The molecule has 1 aliphatic carbocycles. The summed E-state index contributed by atoms with van der Waals surface area (Å²) < 4.78 is 0. The molecule has 3 N–H and O–H groups in total. The third-order valence-corrected chi connectivity index (χ3v) is 4.30. The number of hydrogen-bond acceptors (Lipinski definition) is 2. The van der Waals surface area contributed by atoms with E-state index >= 15 is 0 Å². The van der Waals surface area contributed by atoms with Crippen LogP contribution >= 0.6 is 0 Å². The summed E-state index contributed by atoms with van der Waals surface area (Å²) in [5, 5.41) is 0. The normalized spacial score (nSPS) is 22.9. The van der Waals surface area contributed by atoms with Crippen molar-refractivity contribution in [2.24, 2.45) is 11.8 Å². The molecule has 3 atom stereocenters. The molecule has 1 aromatic rings. The Kier molecular flexibility index (Phi) is 4.19. The number of nitrogens with two attached hydrogens (primary N) is 1. The van der Waals surface area contributed by atoms with Gasteiger partial charge in [-0.25, -0.2) is 0 Å². The van der Waals surface area contributed by atoms with Crippen molar-refractivity contribution in [1.29, 1.82) is 0 Å². The average Bonchev–Trinajstić information content (AvgIpc) is 2.39. The van der Waals surface area contributed by atoms with Crippen molar-refractivity contribution < 1.29 is 0 Å². The van der Waals surface area contributed by atoms with Gasteiger partial charge in [-0.1, -0.05) is 44.5 Å². The van der Waals surface area contributed by atoms with E-state index in [0.717, 1.165) is 0 Å².